The van der Waals surface area contributed by atoms with Gasteiger partial charge < -0.3 is 5.32 Å². The number of hydrogen-bond acceptors (Lipinski definition) is 5. The summed E-state index contributed by atoms with van der Waals surface area (Å²) in [6.07, 6.45) is 2.74. The van der Waals surface area contributed by atoms with E-state index < -0.39 is 10.0 Å². The summed E-state index contributed by atoms with van der Waals surface area (Å²) in [6.45, 7) is 3.78. The second-order valence-corrected chi connectivity index (χ2v) is 7.65. The molecule has 24 heavy (non-hydrogen) atoms. The van der Waals surface area contributed by atoms with E-state index in [4.69, 9.17) is 0 Å². The molecule has 1 aliphatic rings. The van der Waals surface area contributed by atoms with Crippen LogP contribution in [0.5, 0.6) is 0 Å². The van der Waals surface area contributed by atoms with Gasteiger partial charge in [0.15, 0.2) is 5.82 Å². The molecule has 2 aromatic rings. The molecule has 2 heterocycles. The molecule has 1 aliphatic heterocycles. The predicted octanol–water partition coefficient (Wildman–Crippen LogP) is 0.723. The van der Waals surface area contributed by atoms with Crippen LogP contribution in [0.3, 0.4) is 0 Å². The van der Waals surface area contributed by atoms with Gasteiger partial charge in [-0.1, -0.05) is 25.1 Å². The molecule has 0 fully saturated rings. The van der Waals surface area contributed by atoms with E-state index in [2.05, 4.69) is 27.0 Å². The van der Waals surface area contributed by atoms with E-state index >= 15 is 0 Å². The fourth-order valence-corrected chi connectivity index (χ4v) is 3.87. The topological polar surface area (TPSA) is 88.9 Å². The molecule has 1 aromatic heterocycles. The molecule has 3 rings (SSSR count). The number of nitrogens with zero attached hydrogens (tertiary/aromatic N) is 3. The van der Waals surface area contributed by atoms with E-state index in [0.29, 0.717) is 24.0 Å². The SMILES string of the molecule is CCc1nc2n(n1)C[C@@H](NCCNS(=O)(=O)c1ccccc1)CC2. The quantitative estimate of drug-likeness (QED) is 0.719. The first-order valence-corrected chi connectivity index (χ1v) is 9.77. The number of rotatable bonds is 7. The lowest BCUT2D eigenvalue weighted by molar-refractivity contribution is 0.360. The van der Waals surface area contributed by atoms with Crippen LogP contribution in [0.2, 0.25) is 0 Å². The zero-order chi connectivity index (χ0) is 17.0. The summed E-state index contributed by atoms with van der Waals surface area (Å²) in [4.78, 5) is 4.79. The number of nitrogens with one attached hydrogen (secondary N) is 2. The predicted molar refractivity (Wildman–Crippen MR) is 91.1 cm³/mol. The van der Waals surface area contributed by atoms with Gasteiger partial charge in [-0.15, -0.1) is 0 Å². The van der Waals surface area contributed by atoms with Crippen LogP contribution < -0.4 is 10.0 Å². The van der Waals surface area contributed by atoms with Crippen molar-refractivity contribution >= 4 is 10.0 Å². The summed E-state index contributed by atoms with van der Waals surface area (Å²) in [7, 11) is -3.43. The molecule has 8 heteroatoms. The van der Waals surface area contributed by atoms with Crippen LogP contribution in [0.15, 0.2) is 35.2 Å². The molecule has 130 valence electrons. The van der Waals surface area contributed by atoms with Crippen molar-refractivity contribution in [1.29, 1.82) is 0 Å². The van der Waals surface area contributed by atoms with Gasteiger partial charge in [0, 0.05) is 32.0 Å². The fourth-order valence-electron chi connectivity index (χ4n) is 2.82. The van der Waals surface area contributed by atoms with Crippen molar-refractivity contribution in [3.8, 4) is 0 Å². The Balaban J connectivity index is 1.46. The highest BCUT2D eigenvalue weighted by atomic mass is 32.2. The van der Waals surface area contributed by atoms with Crippen LogP contribution in [-0.4, -0.2) is 42.3 Å². The summed E-state index contributed by atoms with van der Waals surface area (Å²) < 4.78 is 28.8. The summed E-state index contributed by atoms with van der Waals surface area (Å²) in [6, 6.07) is 8.71. The Morgan fingerprint density at radius 1 is 1.25 bits per heavy atom. The Hall–Kier alpha value is -1.77. The normalized spacial score (nSPS) is 17.6. The molecule has 1 aromatic carbocycles. The second kappa shape index (κ2) is 7.42. The monoisotopic (exact) mass is 349 g/mol. The van der Waals surface area contributed by atoms with Crippen LogP contribution in [0.25, 0.3) is 0 Å². The van der Waals surface area contributed by atoms with Crippen LogP contribution >= 0.6 is 0 Å². The second-order valence-electron chi connectivity index (χ2n) is 5.88. The summed E-state index contributed by atoms with van der Waals surface area (Å²) >= 11 is 0. The van der Waals surface area contributed by atoms with Crippen molar-refractivity contribution in [2.24, 2.45) is 0 Å². The van der Waals surface area contributed by atoms with Gasteiger partial charge in [-0.05, 0) is 18.6 Å². The number of benzene rings is 1. The van der Waals surface area contributed by atoms with Crippen molar-refractivity contribution < 1.29 is 8.42 Å². The largest absolute Gasteiger partial charge is 0.311 e. The van der Waals surface area contributed by atoms with E-state index in [1.807, 2.05) is 4.68 Å². The van der Waals surface area contributed by atoms with Gasteiger partial charge in [-0.25, -0.2) is 22.8 Å². The molecule has 0 saturated heterocycles. The molecular formula is C16H23N5O2S. The van der Waals surface area contributed by atoms with Crippen molar-refractivity contribution in [3.63, 3.8) is 0 Å². The van der Waals surface area contributed by atoms with E-state index in [0.717, 1.165) is 37.5 Å². The fraction of sp³-hybridized carbons (Fsp3) is 0.500. The lowest BCUT2D eigenvalue weighted by Gasteiger charge is -2.23. The van der Waals surface area contributed by atoms with Crippen LogP contribution in [-0.2, 0) is 29.4 Å². The maximum absolute atomic E-state index is 12.1. The lowest BCUT2D eigenvalue weighted by Crippen LogP contribution is -2.41. The zero-order valence-corrected chi connectivity index (χ0v) is 14.6. The van der Waals surface area contributed by atoms with Gasteiger partial charge in [0.1, 0.15) is 5.82 Å². The average molecular weight is 349 g/mol. The minimum atomic E-state index is -3.43. The highest BCUT2D eigenvalue weighted by Crippen LogP contribution is 2.13. The number of aromatic nitrogens is 3. The summed E-state index contributed by atoms with van der Waals surface area (Å²) in [5.41, 5.74) is 0. The Labute approximate surface area is 142 Å². The van der Waals surface area contributed by atoms with Crippen LogP contribution in [0.1, 0.15) is 25.0 Å². The van der Waals surface area contributed by atoms with Crippen molar-refractivity contribution in [2.75, 3.05) is 13.1 Å². The Kier molecular flexibility index (Phi) is 5.27. The number of hydrogen-bond donors (Lipinski definition) is 2. The van der Waals surface area contributed by atoms with Crippen molar-refractivity contribution in [3.05, 3.63) is 42.0 Å². The smallest absolute Gasteiger partial charge is 0.240 e. The van der Waals surface area contributed by atoms with E-state index in [9.17, 15) is 8.42 Å². The van der Waals surface area contributed by atoms with E-state index in [-0.39, 0.29) is 0 Å². The molecule has 0 amide bonds. The van der Waals surface area contributed by atoms with E-state index in [1.165, 1.54) is 0 Å². The van der Waals surface area contributed by atoms with Gasteiger partial charge in [0.05, 0.1) is 11.4 Å². The molecule has 0 aliphatic carbocycles. The van der Waals surface area contributed by atoms with E-state index in [1.54, 1.807) is 30.3 Å². The number of fused-ring (bicyclic) bond motifs is 1. The van der Waals surface area contributed by atoms with Crippen molar-refractivity contribution in [1.82, 2.24) is 24.8 Å². The molecule has 1 atom stereocenters. The summed E-state index contributed by atoms with van der Waals surface area (Å²) in [5.74, 6) is 1.94. The van der Waals surface area contributed by atoms with Gasteiger partial charge in [0.25, 0.3) is 0 Å². The molecule has 0 unspecified atom stereocenters. The van der Waals surface area contributed by atoms with Gasteiger partial charge in [-0.3, -0.25) is 0 Å². The number of aryl methyl sites for hydroxylation is 2. The minimum absolute atomic E-state index is 0.294. The Morgan fingerprint density at radius 3 is 2.79 bits per heavy atom. The molecule has 0 spiro atoms. The van der Waals surface area contributed by atoms with Crippen LogP contribution in [0.4, 0.5) is 0 Å². The maximum atomic E-state index is 12.1. The van der Waals surface area contributed by atoms with Crippen LogP contribution in [0, 0.1) is 0 Å². The Bertz CT molecular complexity index is 773. The van der Waals surface area contributed by atoms with Gasteiger partial charge in [-0.2, -0.15) is 5.10 Å². The lowest BCUT2D eigenvalue weighted by atomic mass is 10.1. The first-order valence-electron chi connectivity index (χ1n) is 8.29. The third-order valence-electron chi connectivity index (χ3n) is 4.12. The highest BCUT2D eigenvalue weighted by Gasteiger charge is 2.21. The third-order valence-corrected chi connectivity index (χ3v) is 5.60. The first-order chi connectivity index (χ1) is 11.6. The minimum Gasteiger partial charge on any atom is -0.311 e. The first kappa shape index (κ1) is 17.1. The molecule has 0 radical (unpaired) electrons. The highest BCUT2D eigenvalue weighted by molar-refractivity contribution is 7.89. The maximum Gasteiger partial charge on any atom is 0.240 e. The molecule has 0 bridgehead atoms. The van der Waals surface area contributed by atoms with Gasteiger partial charge in [0.2, 0.25) is 10.0 Å². The summed E-state index contributed by atoms with van der Waals surface area (Å²) in [5, 5.41) is 7.88. The number of sulfonamides is 1. The van der Waals surface area contributed by atoms with Crippen molar-refractivity contribution in [2.45, 2.75) is 43.7 Å². The standard InChI is InChI=1S/C16H23N5O2S/c1-2-15-19-16-9-8-13(12-21(16)20-15)17-10-11-18-24(22,23)14-6-4-3-5-7-14/h3-7,13,17-18H,2,8-12H2,1H3/t13-/m0/s1. The molecule has 0 saturated carbocycles. The van der Waals surface area contributed by atoms with Gasteiger partial charge >= 0.3 is 0 Å². The average Bonchev–Trinajstić information content (AvgIpc) is 3.02. The molecule has 7 nitrogen and oxygen atoms in total. The third kappa shape index (κ3) is 4.00. The zero-order valence-electron chi connectivity index (χ0n) is 13.8. The Morgan fingerprint density at radius 2 is 2.04 bits per heavy atom. The molecule has 2 N–H and O–H groups in total. The molecular weight excluding hydrogens is 326 g/mol.